The first-order valence-corrected chi connectivity index (χ1v) is 7.56. The summed E-state index contributed by atoms with van der Waals surface area (Å²) >= 11 is 0. The number of anilines is 1. The summed E-state index contributed by atoms with van der Waals surface area (Å²) in [7, 11) is 1.83. The highest BCUT2D eigenvalue weighted by atomic mass is 16.2. The molecule has 0 aliphatic rings. The molecule has 1 N–H and O–H groups in total. The molecule has 5 heteroatoms. The molecule has 0 saturated heterocycles. The topological polar surface area (TPSA) is 58.1 Å². The van der Waals surface area contributed by atoms with Crippen LogP contribution >= 0.6 is 0 Å². The van der Waals surface area contributed by atoms with Gasteiger partial charge in [0.2, 0.25) is 0 Å². The second-order valence-corrected chi connectivity index (χ2v) is 5.18. The molecule has 0 unspecified atom stereocenters. The lowest BCUT2D eigenvalue weighted by Crippen LogP contribution is -2.27. The Morgan fingerprint density at radius 2 is 2.09 bits per heavy atom. The Morgan fingerprint density at radius 3 is 2.82 bits per heavy atom. The normalized spacial score (nSPS) is 10.3. The minimum Gasteiger partial charge on any atom is -0.364 e. The van der Waals surface area contributed by atoms with Crippen molar-refractivity contribution in [3.63, 3.8) is 0 Å². The number of rotatable bonds is 7. The van der Waals surface area contributed by atoms with Crippen molar-refractivity contribution in [2.75, 3.05) is 18.9 Å². The minimum absolute atomic E-state index is 0.0248. The van der Waals surface area contributed by atoms with Crippen LogP contribution in [0, 0.1) is 0 Å². The Morgan fingerprint density at radius 1 is 1.23 bits per heavy atom. The van der Waals surface area contributed by atoms with Gasteiger partial charge in [0, 0.05) is 31.5 Å². The second-order valence-electron chi connectivity index (χ2n) is 5.18. The highest BCUT2D eigenvalue weighted by Gasteiger charge is 2.11. The van der Waals surface area contributed by atoms with Gasteiger partial charge in [-0.3, -0.25) is 9.78 Å². The number of hydrogen-bond donors (Lipinski definition) is 1. The van der Waals surface area contributed by atoms with E-state index in [2.05, 4.69) is 22.2 Å². The number of nitrogens with one attached hydrogen (secondary N) is 1. The molecule has 2 heterocycles. The Hall–Kier alpha value is -2.43. The number of unbranched alkanes of at least 4 members (excludes halogenated alkanes) is 1. The maximum Gasteiger partial charge on any atom is 0.253 e. The molecule has 0 aliphatic carbocycles. The molecule has 2 aromatic rings. The number of pyridine rings is 2. The van der Waals surface area contributed by atoms with Crippen LogP contribution in [0.3, 0.4) is 0 Å². The lowest BCUT2D eigenvalue weighted by atomic mass is 10.2. The summed E-state index contributed by atoms with van der Waals surface area (Å²) in [5.41, 5.74) is 1.58. The highest BCUT2D eigenvalue weighted by Crippen LogP contribution is 2.10. The number of amides is 1. The molecule has 0 atom stereocenters. The number of carbonyl (C=O) groups is 1. The molecule has 1 amide bonds. The minimum atomic E-state index is 0.0248. The van der Waals surface area contributed by atoms with Crippen molar-refractivity contribution >= 4 is 11.7 Å². The summed E-state index contributed by atoms with van der Waals surface area (Å²) in [6.07, 6.45) is 5.50. The average Bonchev–Trinajstić information content (AvgIpc) is 2.58. The number of hydrogen-bond acceptors (Lipinski definition) is 4. The van der Waals surface area contributed by atoms with Crippen LogP contribution in [0.4, 0.5) is 5.82 Å². The average molecular weight is 298 g/mol. The van der Waals surface area contributed by atoms with Crippen molar-refractivity contribution in [1.29, 1.82) is 0 Å². The highest BCUT2D eigenvalue weighted by molar-refractivity contribution is 5.94. The molecule has 0 aromatic carbocycles. The first-order valence-electron chi connectivity index (χ1n) is 7.56. The van der Waals surface area contributed by atoms with E-state index in [1.54, 1.807) is 29.4 Å². The third-order valence-electron chi connectivity index (χ3n) is 3.38. The van der Waals surface area contributed by atoms with E-state index in [4.69, 9.17) is 0 Å². The van der Waals surface area contributed by atoms with Crippen molar-refractivity contribution in [2.45, 2.75) is 26.3 Å². The maximum atomic E-state index is 12.3. The molecule has 0 fully saturated rings. The van der Waals surface area contributed by atoms with Gasteiger partial charge in [-0.1, -0.05) is 19.4 Å². The molecular formula is C17H22N4O. The zero-order valence-electron chi connectivity index (χ0n) is 13.1. The Kier molecular flexibility index (Phi) is 5.89. The molecule has 5 nitrogen and oxygen atoms in total. The van der Waals surface area contributed by atoms with Crippen LogP contribution in [0.5, 0.6) is 0 Å². The monoisotopic (exact) mass is 298 g/mol. The first-order chi connectivity index (χ1) is 10.7. The van der Waals surface area contributed by atoms with E-state index in [-0.39, 0.29) is 5.91 Å². The quantitative estimate of drug-likeness (QED) is 0.854. The summed E-state index contributed by atoms with van der Waals surface area (Å²) in [4.78, 5) is 22.6. The third-order valence-corrected chi connectivity index (χ3v) is 3.38. The molecule has 0 spiro atoms. The lowest BCUT2D eigenvalue weighted by molar-refractivity contribution is 0.0793. The molecule has 116 valence electrons. The molecule has 0 radical (unpaired) electrons. The second kappa shape index (κ2) is 8.12. The van der Waals surface area contributed by atoms with Crippen molar-refractivity contribution < 1.29 is 4.79 Å². The number of nitrogens with zero attached hydrogens (tertiary/aromatic N) is 3. The fourth-order valence-electron chi connectivity index (χ4n) is 2.06. The van der Waals surface area contributed by atoms with Gasteiger partial charge in [-0.05, 0) is 30.7 Å². The number of carbonyl (C=O) groups excluding carboxylic acids is 1. The molecule has 0 saturated carbocycles. The Balaban J connectivity index is 1.98. The van der Waals surface area contributed by atoms with E-state index in [1.807, 2.05) is 25.2 Å². The molecule has 2 aromatic heterocycles. The lowest BCUT2D eigenvalue weighted by Gasteiger charge is -2.17. The van der Waals surface area contributed by atoms with Gasteiger partial charge in [-0.15, -0.1) is 0 Å². The van der Waals surface area contributed by atoms with Gasteiger partial charge in [0.05, 0.1) is 12.2 Å². The zero-order valence-corrected chi connectivity index (χ0v) is 13.1. The molecule has 0 bridgehead atoms. The Bertz CT molecular complexity index is 601. The van der Waals surface area contributed by atoms with Gasteiger partial charge in [0.15, 0.2) is 0 Å². The van der Waals surface area contributed by atoms with Gasteiger partial charge < -0.3 is 10.2 Å². The van der Waals surface area contributed by atoms with Gasteiger partial charge in [0.25, 0.3) is 5.91 Å². The van der Waals surface area contributed by atoms with Crippen LogP contribution in [0.1, 0.15) is 35.8 Å². The molecule has 0 aliphatic heterocycles. The predicted octanol–water partition coefficient (Wildman–Crippen LogP) is 2.96. The van der Waals surface area contributed by atoms with E-state index < -0.39 is 0 Å². The van der Waals surface area contributed by atoms with Crippen molar-refractivity contribution in [3.05, 3.63) is 54.0 Å². The summed E-state index contributed by atoms with van der Waals surface area (Å²) in [6.45, 7) is 3.47. The fourth-order valence-corrected chi connectivity index (χ4v) is 2.06. The van der Waals surface area contributed by atoms with Crippen molar-refractivity contribution in [1.82, 2.24) is 14.9 Å². The van der Waals surface area contributed by atoms with Crippen molar-refractivity contribution in [3.8, 4) is 0 Å². The van der Waals surface area contributed by atoms with E-state index in [0.29, 0.717) is 17.9 Å². The summed E-state index contributed by atoms with van der Waals surface area (Å²) in [6, 6.07) is 9.30. The zero-order chi connectivity index (χ0) is 15.8. The first kappa shape index (κ1) is 15.9. The third kappa shape index (κ3) is 4.55. The molecular weight excluding hydrogens is 276 g/mol. The summed E-state index contributed by atoms with van der Waals surface area (Å²) in [5.74, 6) is 0.706. The van der Waals surface area contributed by atoms with Gasteiger partial charge in [0.1, 0.15) is 5.82 Å². The van der Waals surface area contributed by atoms with Crippen LogP contribution in [-0.2, 0) is 6.54 Å². The fraction of sp³-hybridized carbons (Fsp3) is 0.353. The van der Waals surface area contributed by atoms with E-state index in [0.717, 1.165) is 25.1 Å². The van der Waals surface area contributed by atoms with Crippen molar-refractivity contribution in [2.24, 2.45) is 0 Å². The smallest absolute Gasteiger partial charge is 0.253 e. The molecule has 22 heavy (non-hydrogen) atoms. The van der Waals surface area contributed by atoms with Crippen LogP contribution < -0.4 is 5.32 Å². The maximum absolute atomic E-state index is 12.3. The largest absolute Gasteiger partial charge is 0.364 e. The van der Waals surface area contributed by atoms with Crippen LogP contribution in [0.2, 0.25) is 0 Å². The predicted molar refractivity (Wildman–Crippen MR) is 87.7 cm³/mol. The standard InChI is InChI=1S/C17H22N4O/c1-3-4-11-21(2)17(22)14-8-10-19-16(12-14)20-13-15-7-5-6-9-18-15/h5-10,12H,3-4,11,13H2,1-2H3,(H,19,20). The van der Waals surface area contributed by atoms with Crippen LogP contribution in [-0.4, -0.2) is 34.4 Å². The molecule has 2 rings (SSSR count). The van der Waals surface area contributed by atoms with Gasteiger partial charge >= 0.3 is 0 Å². The van der Waals surface area contributed by atoms with E-state index in [1.165, 1.54) is 0 Å². The van der Waals surface area contributed by atoms with Gasteiger partial charge in [-0.25, -0.2) is 4.98 Å². The van der Waals surface area contributed by atoms with Crippen LogP contribution in [0.15, 0.2) is 42.7 Å². The van der Waals surface area contributed by atoms with Crippen LogP contribution in [0.25, 0.3) is 0 Å². The van der Waals surface area contributed by atoms with E-state index in [9.17, 15) is 4.79 Å². The summed E-state index contributed by atoms with van der Waals surface area (Å²) < 4.78 is 0. The Labute approximate surface area is 131 Å². The van der Waals surface area contributed by atoms with E-state index >= 15 is 0 Å². The number of aromatic nitrogens is 2. The summed E-state index contributed by atoms with van der Waals surface area (Å²) in [5, 5.41) is 3.19. The SMILES string of the molecule is CCCCN(C)C(=O)c1ccnc(NCc2ccccn2)c1. The van der Waals surface area contributed by atoms with Gasteiger partial charge in [-0.2, -0.15) is 0 Å².